The van der Waals surface area contributed by atoms with Gasteiger partial charge in [0, 0.05) is 11.4 Å². The van der Waals surface area contributed by atoms with Gasteiger partial charge in [0.1, 0.15) is 6.04 Å². The second kappa shape index (κ2) is 7.07. The molecule has 2 rings (SSSR count). The van der Waals surface area contributed by atoms with Crippen molar-refractivity contribution in [3.05, 3.63) is 58.3 Å². The Kier molecular flexibility index (Phi) is 5.12. The number of hydrogen-bond donors (Lipinski definition) is 2. The summed E-state index contributed by atoms with van der Waals surface area (Å²) in [4.78, 5) is 12.7. The highest BCUT2D eigenvalue weighted by molar-refractivity contribution is 7.10. The van der Waals surface area contributed by atoms with Gasteiger partial charge in [-0.25, -0.2) is 0 Å². The molecule has 3 nitrogen and oxygen atoms in total. The molecule has 0 saturated heterocycles. The predicted octanol–water partition coefficient (Wildman–Crippen LogP) is 2.50. The van der Waals surface area contributed by atoms with Crippen molar-refractivity contribution in [3.63, 3.8) is 0 Å². The summed E-state index contributed by atoms with van der Waals surface area (Å²) in [5, 5.41) is 4.81. The zero-order valence-electron chi connectivity index (χ0n) is 10.7. The first-order valence-corrected chi connectivity index (χ1v) is 7.26. The Morgan fingerprint density at radius 1 is 1.21 bits per heavy atom. The van der Waals surface area contributed by atoms with Gasteiger partial charge in [0.05, 0.1) is 0 Å². The summed E-state index contributed by atoms with van der Waals surface area (Å²) in [7, 11) is 0. The van der Waals surface area contributed by atoms with E-state index in [1.165, 1.54) is 16.9 Å². The number of thiophene rings is 1. The molecule has 0 aliphatic heterocycles. The average Bonchev–Trinajstić information content (AvgIpc) is 2.98. The van der Waals surface area contributed by atoms with E-state index in [2.05, 4.69) is 17.4 Å². The van der Waals surface area contributed by atoms with Crippen LogP contribution in [0.4, 0.5) is 0 Å². The maximum atomic E-state index is 11.8. The molecule has 0 saturated carbocycles. The van der Waals surface area contributed by atoms with Gasteiger partial charge >= 0.3 is 0 Å². The summed E-state index contributed by atoms with van der Waals surface area (Å²) in [6, 6.07) is 13.5. The van der Waals surface area contributed by atoms with E-state index >= 15 is 0 Å². The van der Waals surface area contributed by atoms with E-state index in [9.17, 15) is 4.79 Å². The molecular weight excluding hydrogens is 256 g/mol. The van der Waals surface area contributed by atoms with Crippen LogP contribution in [0.5, 0.6) is 0 Å². The Labute approximate surface area is 117 Å². The molecule has 100 valence electrons. The highest BCUT2D eigenvalue weighted by Crippen LogP contribution is 2.16. The van der Waals surface area contributed by atoms with E-state index in [0.717, 1.165) is 17.7 Å². The van der Waals surface area contributed by atoms with E-state index in [-0.39, 0.29) is 5.91 Å². The van der Waals surface area contributed by atoms with Crippen LogP contribution < -0.4 is 11.1 Å². The molecule has 0 aliphatic carbocycles. The SMILES string of the molecule is NC(C(=O)NCCCc1ccccc1)c1cccs1. The topological polar surface area (TPSA) is 55.1 Å². The number of benzene rings is 1. The Hall–Kier alpha value is -1.65. The lowest BCUT2D eigenvalue weighted by atomic mass is 10.1. The van der Waals surface area contributed by atoms with Crippen LogP contribution in [0.1, 0.15) is 22.9 Å². The van der Waals surface area contributed by atoms with Gasteiger partial charge in [-0.05, 0) is 29.9 Å². The minimum absolute atomic E-state index is 0.101. The summed E-state index contributed by atoms with van der Waals surface area (Å²) in [6.45, 7) is 0.660. The van der Waals surface area contributed by atoms with Gasteiger partial charge in [-0.1, -0.05) is 36.4 Å². The number of aryl methyl sites for hydroxylation is 1. The number of amides is 1. The number of carbonyl (C=O) groups excluding carboxylic acids is 1. The Balaban J connectivity index is 1.70. The summed E-state index contributed by atoms with van der Waals surface area (Å²) in [5.74, 6) is -0.101. The minimum atomic E-state index is -0.545. The lowest BCUT2D eigenvalue weighted by Crippen LogP contribution is -2.34. The van der Waals surface area contributed by atoms with Gasteiger partial charge in [-0.15, -0.1) is 11.3 Å². The molecule has 1 aromatic heterocycles. The third-order valence-corrected chi connectivity index (χ3v) is 3.87. The van der Waals surface area contributed by atoms with Gasteiger partial charge in [-0.2, -0.15) is 0 Å². The predicted molar refractivity (Wildman–Crippen MR) is 79.0 cm³/mol. The third kappa shape index (κ3) is 4.19. The van der Waals surface area contributed by atoms with E-state index in [1.54, 1.807) is 0 Å². The maximum Gasteiger partial charge on any atom is 0.242 e. The van der Waals surface area contributed by atoms with Crippen molar-refractivity contribution in [1.82, 2.24) is 5.32 Å². The lowest BCUT2D eigenvalue weighted by molar-refractivity contribution is -0.122. The lowest BCUT2D eigenvalue weighted by Gasteiger charge is -2.10. The summed E-state index contributed by atoms with van der Waals surface area (Å²) >= 11 is 1.51. The molecule has 0 radical (unpaired) electrons. The molecule has 0 aliphatic rings. The Morgan fingerprint density at radius 2 is 2.00 bits per heavy atom. The molecule has 1 atom stereocenters. The fourth-order valence-corrected chi connectivity index (χ4v) is 2.58. The fraction of sp³-hybridized carbons (Fsp3) is 0.267. The zero-order valence-corrected chi connectivity index (χ0v) is 11.5. The third-order valence-electron chi connectivity index (χ3n) is 2.92. The monoisotopic (exact) mass is 274 g/mol. The van der Waals surface area contributed by atoms with Crippen LogP contribution in [0.3, 0.4) is 0 Å². The Bertz CT molecular complexity index is 496. The van der Waals surface area contributed by atoms with Crippen LogP contribution in [0.15, 0.2) is 47.8 Å². The average molecular weight is 274 g/mol. The van der Waals surface area contributed by atoms with Crippen molar-refractivity contribution in [2.24, 2.45) is 5.73 Å². The van der Waals surface area contributed by atoms with E-state index in [4.69, 9.17) is 5.73 Å². The van der Waals surface area contributed by atoms with Crippen molar-refractivity contribution in [3.8, 4) is 0 Å². The molecule has 1 aromatic carbocycles. The number of rotatable bonds is 6. The molecule has 2 aromatic rings. The summed E-state index contributed by atoms with van der Waals surface area (Å²) < 4.78 is 0. The van der Waals surface area contributed by atoms with Crippen molar-refractivity contribution in [2.75, 3.05) is 6.54 Å². The standard InChI is InChI=1S/C15H18N2OS/c16-14(13-9-5-11-19-13)15(18)17-10-4-8-12-6-2-1-3-7-12/h1-3,5-7,9,11,14H,4,8,10,16H2,(H,17,18). The largest absolute Gasteiger partial charge is 0.354 e. The normalized spacial score (nSPS) is 12.1. The zero-order chi connectivity index (χ0) is 13.5. The van der Waals surface area contributed by atoms with Crippen LogP contribution in [0, 0.1) is 0 Å². The van der Waals surface area contributed by atoms with E-state index in [0.29, 0.717) is 6.54 Å². The fourth-order valence-electron chi connectivity index (χ4n) is 1.86. The second-order valence-corrected chi connectivity index (χ2v) is 5.35. The van der Waals surface area contributed by atoms with Crippen molar-refractivity contribution in [1.29, 1.82) is 0 Å². The summed E-state index contributed by atoms with van der Waals surface area (Å²) in [6.07, 6.45) is 1.89. The highest BCUT2D eigenvalue weighted by atomic mass is 32.1. The van der Waals surface area contributed by atoms with Gasteiger partial charge in [0.15, 0.2) is 0 Å². The molecule has 4 heteroatoms. The van der Waals surface area contributed by atoms with Crippen molar-refractivity contribution >= 4 is 17.2 Å². The molecule has 0 fully saturated rings. The molecule has 1 unspecified atom stereocenters. The maximum absolute atomic E-state index is 11.8. The molecule has 1 heterocycles. The van der Waals surface area contributed by atoms with Crippen LogP contribution in [0.2, 0.25) is 0 Å². The van der Waals surface area contributed by atoms with Crippen LogP contribution in [-0.4, -0.2) is 12.5 Å². The molecule has 1 amide bonds. The van der Waals surface area contributed by atoms with Crippen molar-refractivity contribution < 1.29 is 4.79 Å². The number of hydrogen-bond acceptors (Lipinski definition) is 3. The Morgan fingerprint density at radius 3 is 2.68 bits per heavy atom. The highest BCUT2D eigenvalue weighted by Gasteiger charge is 2.15. The van der Waals surface area contributed by atoms with Crippen LogP contribution in [0.25, 0.3) is 0 Å². The number of nitrogens with one attached hydrogen (secondary N) is 1. The van der Waals surface area contributed by atoms with E-state index in [1.807, 2.05) is 35.7 Å². The van der Waals surface area contributed by atoms with Gasteiger partial charge in [0.25, 0.3) is 0 Å². The minimum Gasteiger partial charge on any atom is -0.354 e. The second-order valence-electron chi connectivity index (χ2n) is 4.37. The van der Waals surface area contributed by atoms with Gasteiger partial charge < -0.3 is 11.1 Å². The summed E-state index contributed by atoms with van der Waals surface area (Å²) in [5.41, 5.74) is 7.17. The first kappa shape index (κ1) is 13.8. The molecule has 0 spiro atoms. The van der Waals surface area contributed by atoms with E-state index < -0.39 is 6.04 Å². The molecule has 0 bridgehead atoms. The van der Waals surface area contributed by atoms with Gasteiger partial charge in [-0.3, -0.25) is 4.79 Å². The smallest absolute Gasteiger partial charge is 0.242 e. The molecule has 19 heavy (non-hydrogen) atoms. The molecule has 3 N–H and O–H groups in total. The first-order valence-electron chi connectivity index (χ1n) is 6.38. The number of nitrogens with two attached hydrogens (primary N) is 1. The first-order chi connectivity index (χ1) is 9.27. The van der Waals surface area contributed by atoms with Crippen molar-refractivity contribution in [2.45, 2.75) is 18.9 Å². The molecular formula is C15H18N2OS. The van der Waals surface area contributed by atoms with Crippen LogP contribution >= 0.6 is 11.3 Å². The van der Waals surface area contributed by atoms with Gasteiger partial charge in [0.2, 0.25) is 5.91 Å². The van der Waals surface area contributed by atoms with Crippen LogP contribution in [-0.2, 0) is 11.2 Å². The number of carbonyl (C=O) groups is 1. The quantitative estimate of drug-likeness (QED) is 0.795.